The van der Waals surface area contributed by atoms with E-state index in [1.807, 2.05) is 0 Å². The molecule has 21 heavy (non-hydrogen) atoms. The van der Waals surface area contributed by atoms with Crippen LogP contribution >= 0.6 is 11.6 Å². The molecule has 0 saturated carbocycles. The van der Waals surface area contributed by atoms with Crippen molar-refractivity contribution in [2.45, 2.75) is 6.18 Å². The number of benzene rings is 1. The molecule has 0 radical (unpaired) electrons. The highest BCUT2D eigenvalue weighted by molar-refractivity contribution is 6.31. The van der Waals surface area contributed by atoms with Gasteiger partial charge in [-0.3, -0.25) is 9.78 Å². The van der Waals surface area contributed by atoms with Crippen LogP contribution in [0.4, 0.5) is 23.2 Å². The number of carbonyl (C=O) groups excluding carboxylic acids is 1. The lowest BCUT2D eigenvalue weighted by Crippen LogP contribution is -2.14. The number of pyridine rings is 1. The van der Waals surface area contributed by atoms with E-state index in [1.54, 1.807) is 0 Å². The normalized spacial score (nSPS) is 11.3. The molecule has 0 saturated heterocycles. The topological polar surface area (TPSA) is 42.0 Å². The van der Waals surface area contributed by atoms with Gasteiger partial charge in [-0.05, 0) is 30.3 Å². The number of anilines is 1. The van der Waals surface area contributed by atoms with Crippen molar-refractivity contribution in [3.63, 3.8) is 0 Å². The van der Waals surface area contributed by atoms with Crippen molar-refractivity contribution in [2.24, 2.45) is 0 Å². The molecule has 0 aliphatic rings. The molecule has 1 N–H and O–H groups in total. The Morgan fingerprint density at radius 1 is 1.19 bits per heavy atom. The van der Waals surface area contributed by atoms with Crippen LogP contribution in [-0.2, 0) is 6.18 Å². The van der Waals surface area contributed by atoms with Crippen LogP contribution in [-0.4, -0.2) is 10.9 Å². The summed E-state index contributed by atoms with van der Waals surface area (Å²) in [6.45, 7) is 0. The number of nitrogens with zero attached hydrogens (tertiary/aromatic N) is 1. The van der Waals surface area contributed by atoms with Gasteiger partial charge < -0.3 is 5.32 Å². The molecule has 0 aliphatic heterocycles. The van der Waals surface area contributed by atoms with Crippen LogP contribution in [0.15, 0.2) is 36.5 Å². The van der Waals surface area contributed by atoms with E-state index in [4.69, 9.17) is 11.6 Å². The second-order valence-electron chi connectivity index (χ2n) is 4.01. The van der Waals surface area contributed by atoms with Crippen molar-refractivity contribution >= 4 is 23.2 Å². The zero-order chi connectivity index (χ0) is 15.6. The van der Waals surface area contributed by atoms with Gasteiger partial charge in [-0.2, -0.15) is 13.2 Å². The number of aromatic nitrogens is 1. The Labute approximate surface area is 121 Å². The van der Waals surface area contributed by atoms with Gasteiger partial charge in [-0.15, -0.1) is 0 Å². The van der Waals surface area contributed by atoms with E-state index in [0.717, 1.165) is 18.3 Å². The Morgan fingerprint density at radius 3 is 2.43 bits per heavy atom. The fraction of sp³-hybridized carbons (Fsp3) is 0.0769. The summed E-state index contributed by atoms with van der Waals surface area (Å²) in [5, 5.41) is 2.19. The molecular formula is C13H7ClF4N2O. The lowest BCUT2D eigenvalue weighted by molar-refractivity contribution is -0.141. The number of hydrogen-bond donors (Lipinski definition) is 1. The third-order valence-electron chi connectivity index (χ3n) is 2.49. The molecule has 1 aromatic heterocycles. The van der Waals surface area contributed by atoms with Crippen LogP contribution in [0.25, 0.3) is 0 Å². The standard InChI is InChI=1S/C13H7ClF4N2O/c14-9-5-8(2-3-10(9)15)20-12(21)7-1-4-11(19-6-7)13(16,17)18/h1-6H,(H,20,21). The van der Waals surface area contributed by atoms with E-state index >= 15 is 0 Å². The average Bonchev–Trinajstić information content (AvgIpc) is 2.42. The molecule has 1 amide bonds. The number of rotatable bonds is 2. The first kappa shape index (κ1) is 15.2. The fourth-order valence-corrected chi connectivity index (χ4v) is 1.65. The number of hydrogen-bond acceptors (Lipinski definition) is 2. The van der Waals surface area contributed by atoms with Crippen LogP contribution in [0.3, 0.4) is 0 Å². The molecule has 0 aliphatic carbocycles. The Balaban J connectivity index is 2.15. The van der Waals surface area contributed by atoms with Gasteiger partial charge in [0.2, 0.25) is 0 Å². The quantitative estimate of drug-likeness (QED) is 0.845. The van der Waals surface area contributed by atoms with E-state index < -0.39 is 23.6 Å². The summed E-state index contributed by atoms with van der Waals surface area (Å²) in [5.74, 6) is -1.33. The Kier molecular flexibility index (Phi) is 4.13. The Morgan fingerprint density at radius 2 is 1.90 bits per heavy atom. The van der Waals surface area contributed by atoms with Crippen LogP contribution in [0.2, 0.25) is 5.02 Å². The average molecular weight is 319 g/mol. The Bertz CT molecular complexity index is 671. The summed E-state index contributed by atoms with van der Waals surface area (Å²) >= 11 is 5.55. The summed E-state index contributed by atoms with van der Waals surface area (Å²) in [7, 11) is 0. The minimum Gasteiger partial charge on any atom is -0.322 e. The van der Waals surface area contributed by atoms with Gasteiger partial charge in [0.15, 0.2) is 0 Å². The first-order chi connectivity index (χ1) is 9.77. The van der Waals surface area contributed by atoms with Gasteiger partial charge in [-0.1, -0.05) is 11.6 Å². The van der Waals surface area contributed by atoms with Gasteiger partial charge in [0, 0.05) is 11.9 Å². The third-order valence-corrected chi connectivity index (χ3v) is 2.78. The number of nitrogens with one attached hydrogen (secondary N) is 1. The van der Waals surface area contributed by atoms with Crippen LogP contribution < -0.4 is 5.32 Å². The predicted molar refractivity (Wildman–Crippen MR) is 68.6 cm³/mol. The molecule has 110 valence electrons. The minimum absolute atomic E-state index is 0.0663. The molecule has 8 heteroatoms. The maximum Gasteiger partial charge on any atom is 0.433 e. The maximum absolute atomic E-state index is 13.0. The molecule has 0 fully saturated rings. The summed E-state index contributed by atoms with van der Waals surface area (Å²) in [5.41, 5.74) is -0.946. The second-order valence-corrected chi connectivity index (χ2v) is 4.42. The van der Waals surface area contributed by atoms with E-state index in [-0.39, 0.29) is 16.3 Å². The zero-order valence-electron chi connectivity index (χ0n) is 10.2. The highest BCUT2D eigenvalue weighted by Gasteiger charge is 2.32. The van der Waals surface area contributed by atoms with Crippen molar-refractivity contribution in [1.82, 2.24) is 4.98 Å². The smallest absolute Gasteiger partial charge is 0.322 e. The van der Waals surface area contributed by atoms with Gasteiger partial charge in [0.25, 0.3) is 5.91 Å². The van der Waals surface area contributed by atoms with Gasteiger partial charge in [-0.25, -0.2) is 4.39 Å². The number of amides is 1. The lowest BCUT2D eigenvalue weighted by Gasteiger charge is -2.08. The summed E-state index contributed by atoms with van der Waals surface area (Å²) < 4.78 is 50.0. The van der Waals surface area contributed by atoms with Crippen molar-refractivity contribution in [3.05, 3.63) is 58.6 Å². The monoisotopic (exact) mass is 318 g/mol. The van der Waals surface area contributed by atoms with Crippen molar-refractivity contribution < 1.29 is 22.4 Å². The minimum atomic E-state index is -4.57. The molecule has 0 bridgehead atoms. The fourth-order valence-electron chi connectivity index (χ4n) is 1.47. The first-order valence-corrected chi connectivity index (χ1v) is 5.95. The molecule has 0 atom stereocenters. The summed E-state index contributed by atoms with van der Waals surface area (Å²) in [6, 6.07) is 5.22. The molecule has 0 unspecified atom stereocenters. The number of alkyl halides is 3. The molecule has 2 rings (SSSR count). The summed E-state index contributed by atoms with van der Waals surface area (Å²) in [6.07, 6.45) is -3.76. The molecule has 3 nitrogen and oxygen atoms in total. The van der Waals surface area contributed by atoms with Gasteiger partial charge >= 0.3 is 6.18 Å². The van der Waals surface area contributed by atoms with E-state index in [2.05, 4.69) is 10.3 Å². The highest BCUT2D eigenvalue weighted by atomic mass is 35.5. The van der Waals surface area contributed by atoms with Crippen LogP contribution in [0.5, 0.6) is 0 Å². The first-order valence-electron chi connectivity index (χ1n) is 5.57. The molecule has 1 heterocycles. The van der Waals surface area contributed by atoms with E-state index in [9.17, 15) is 22.4 Å². The molecule has 2 aromatic rings. The summed E-state index contributed by atoms with van der Waals surface area (Å²) in [4.78, 5) is 15.0. The predicted octanol–water partition coefficient (Wildman–Crippen LogP) is 4.15. The van der Waals surface area contributed by atoms with Crippen molar-refractivity contribution in [3.8, 4) is 0 Å². The van der Waals surface area contributed by atoms with Crippen LogP contribution in [0.1, 0.15) is 16.1 Å². The Hall–Kier alpha value is -2.15. The van der Waals surface area contributed by atoms with E-state index in [1.165, 1.54) is 12.1 Å². The third kappa shape index (κ3) is 3.69. The van der Waals surface area contributed by atoms with E-state index in [0.29, 0.717) is 6.07 Å². The lowest BCUT2D eigenvalue weighted by atomic mass is 10.2. The highest BCUT2D eigenvalue weighted by Crippen LogP contribution is 2.27. The van der Waals surface area contributed by atoms with Crippen LogP contribution in [0, 0.1) is 5.82 Å². The molecular weight excluding hydrogens is 312 g/mol. The maximum atomic E-state index is 13.0. The van der Waals surface area contributed by atoms with Crippen molar-refractivity contribution in [1.29, 1.82) is 0 Å². The largest absolute Gasteiger partial charge is 0.433 e. The SMILES string of the molecule is O=C(Nc1ccc(F)c(Cl)c1)c1ccc(C(F)(F)F)nc1. The van der Waals surface area contributed by atoms with Gasteiger partial charge in [0.1, 0.15) is 11.5 Å². The van der Waals surface area contributed by atoms with Crippen molar-refractivity contribution in [2.75, 3.05) is 5.32 Å². The number of halogens is 5. The zero-order valence-corrected chi connectivity index (χ0v) is 11.0. The van der Waals surface area contributed by atoms with Gasteiger partial charge in [0.05, 0.1) is 10.6 Å². The number of carbonyl (C=O) groups is 1. The molecule has 0 spiro atoms. The second kappa shape index (κ2) is 5.69. The molecule has 1 aromatic carbocycles.